The summed E-state index contributed by atoms with van der Waals surface area (Å²) in [6.45, 7) is 9.21. The highest BCUT2D eigenvalue weighted by Gasteiger charge is 2.24. The molecule has 0 bridgehead atoms. The van der Waals surface area contributed by atoms with Gasteiger partial charge >= 0.3 is 0 Å². The third kappa shape index (κ3) is 5.24. The standard InChI is InChI=1S/C20H29N3O2S/c1-15-9-16(2)12-22(11-15)13-18-6-4-3-5-17(18)10-21-19(24)14-23-7-8-26-20(23)25/h3-6,15-16H,7-14H2,1-2H3,(H,21,24)/t15-,16+. The summed E-state index contributed by atoms with van der Waals surface area (Å²) in [6, 6.07) is 8.33. The van der Waals surface area contributed by atoms with Crippen molar-refractivity contribution in [1.82, 2.24) is 15.1 Å². The second-order valence-electron chi connectivity index (χ2n) is 7.72. The van der Waals surface area contributed by atoms with Gasteiger partial charge in [-0.05, 0) is 29.4 Å². The van der Waals surface area contributed by atoms with Crippen LogP contribution in [0.15, 0.2) is 24.3 Å². The van der Waals surface area contributed by atoms with Crippen molar-refractivity contribution in [3.8, 4) is 0 Å². The Hall–Kier alpha value is -1.53. The molecule has 0 radical (unpaired) electrons. The van der Waals surface area contributed by atoms with Gasteiger partial charge in [0.15, 0.2) is 0 Å². The molecule has 2 fully saturated rings. The molecule has 0 unspecified atom stereocenters. The molecule has 1 aromatic carbocycles. The van der Waals surface area contributed by atoms with Crippen molar-refractivity contribution >= 4 is 22.9 Å². The molecule has 3 rings (SSSR count). The van der Waals surface area contributed by atoms with Gasteiger partial charge in [0.05, 0.1) is 0 Å². The Bertz CT molecular complexity index is 642. The van der Waals surface area contributed by atoms with Crippen LogP contribution >= 0.6 is 11.8 Å². The third-order valence-corrected chi connectivity index (χ3v) is 6.00. The molecule has 1 N–H and O–H groups in total. The molecule has 2 heterocycles. The van der Waals surface area contributed by atoms with E-state index in [0.717, 1.165) is 42.8 Å². The minimum atomic E-state index is -0.0872. The Labute approximate surface area is 160 Å². The highest BCUT2D eigenvalue weighted by atomic mass is 32.2. The summed E-state index contributed by atoms with van der Waals surface area (Å²) < 4.78 is 0. The van der Waals surface area contributed by atoms with E-state index in [1.54, 1.807) is 4.90 Å². The quantitative estimate of drug-likeness (QED) is 0.831. The van der Waals surface area contributed by atoms with Crippen LogP contribution in [0.4, 0.5) is 4.79 Å². The maximum Gasteiger partial charge on any atom is 0.282 e. The predicted octanol–water partition coefficient (Wildman–Crippen LogP) is 2.95. The lowest BCUT2D eigenvalue weighted by molar-refractivity contribution is -0.121. The SMILES string of the molecule is C[C@@H]1C[C@H](C)CN(Cc2ccccc2CNC(=O)CN2CCSC2=O)C1. The molecule has 2 saturated heterocycles. The van der Waals surface area contributed by atoms with Gasteiger partial charge in [-0.15, -0.1) is 0 Å². The second kappa shape index (κ2) is 8.91. The van der Waals surface area contributed by atoms with Gasteiger partial charge in [-0.25, -0.2) is 0 Å². The number of nitrogens with one attached hydrogen (secondary N) is 1. The Morgan fingerprint density at radius 3 is 2.54 bits per heavy atom. The van der Waals surface area contributed by atoms with Crippen LogP contribution in [0.25, 0.3) is 0 Å². The molecular weight excluding hydrogens is 346 g/mol. The molecule has 5 nitrogen and oxygen atoms in total. The van der Waals surface area contributed by atoms with Crippen LogP contribution < -0.4 is 5.32 Å². The summed E-state index contributed by atoms with van der Waals surface area (Å²) in [5.41, 5.74) is 2.44. The summed E-state index contributed by atoms with van der Waals surface area (Å²) in [4.78, 5) is 27.9. The highest BCUT2D eigenvalue weighted by molar-refractivity contribution is 8.13. The van der Waals surface area contributed by atoms with E-state index >= 15 is 0 Å². The number of carbonyl (C=O) groups excluding carboxylic acids is 2. The summed E-state index contributed by atoms with van der Waals surface area (Å²) in [5.74, 6) is 2.17. The van der Waals surface area contributed by atoms with Gasteiger partial charge in [-0.3, -0.25) is 14.5 Å². The van der Waals surface area contributed by atoms with Crippen molar-refractivity contribution in [2.45, 2.75) is 33.4 Å². The van der Waals surface area contributed by atoms with Crippen molar-refractivity contribution in [3.63, 3.8) is 0 Å². The average molecular weight is 376 g/mol. The first-order chi connectivity index (χ1) is 12.5. The lowest BCUT2D eigenvalue weighted by Crippen LogP contribution is -2.39. The zero-order valence-corrected chi connectivity index (χ0v) is 16.6. The number of rotatable bonds is 6. The second-order valence-corrected chi connectivity index (χ2v) is 8.77. The zero-order valence-electron chi connectivity index (χ0n) is 15.7. The van der Waals surface area contributed by atoms with Gasteiger partial charge in [0.1, 0.15) is 6.54 Å². The number of benzene rings is 1. The minimum absolute atomic E-state index is 0.00823. The fourth-order valence-electron chi connectivity index (χ4n) is 4.04. The van der Waals surface area contributed by atoms with Crippen molar-refractivity contribution < 1.29 is 9.59 Å². The van der Waals surface area contributed by atoms with E-state index in [1.165, 1.54) is 23.7 Å². The average Bonchev–Trinajstić information content (AvgIpc) is 2.98. The van der Waals surface area contributed by atoms with Crippen molar-refractivity contribution in [2.24, 2.45) is 11.8 Å². The van der Waals surface area contributed by atoms with Gasteiger partial charge in [0.25, 0.3) is 5.24 Å². The number of likely N-dealkylation sites (tertiary alicyclic amines) is 1. The molecule has 0 saturated carbocycles. The van der Waals surface area contributed by atoms with E-state index in [2.05, 4.69) is 42.3 Å². The number of piperidine rings is 1. The molecule has 1 aromatic rings. The van der Waals surface area contributed by atoms with Crippen molar-refractivity contribution in [2.75, 3.05) is 31.9 Å². The Kier molecular flexibility index (Phi) is 6.59. The fourth-order valence-corrected chi connectivity index (χ4v) is 4.86. The van der Waals surface area contributed by atoms with Gasteiger partial charge in [-0.2, -0.15) is 0 Å². The van der Waals surface area contributed by atoms with Crippen LogP contribution in [-0.2, 0) is 17.9 Å². The summed E-state index contributed by atoms with van der Waals surface area (Å²) >= 11 is 1.29. The van der Waals surface area contributed by atoms with Crippen LogP contribution in [0.1, 0.15) is 31.4 Å². The normalized spacial score (nSPS) is 24.1. The molecular formula is C20H29N3O2S. The molecule has 6 heteroatoms. The first-order valence-electron chi connectivity index (χ1n) is 9.49. The number of carbonyl (C=O) groups is 2. The third-order valence-electron chi connectivity index (χ3n) is 5.11. The molecule has 2 aliphatic heterocycles. The van der Waals surface area contributed by atoms with E-state index in [4.69, 9.17) is 0 Å². The van der Waals surface area contributed by atoms with Crippen LogP contribution in [0.2, 0.25) is 0 Å². The fraction of sp³-hybridized carbons (Fsp3) is 0.600. The van der Waals surface area contributed by atoms with Crippen LogP contribution in [-0.4, -0.2) is 52.9 Å². The van der Waals surface area contributed by atoms with Gasteiger partial charge in [0.2, 0.25) is 5.91 Å². The van der Waals surface area contributed by atoms with Gasteiger partial charge in [0, 0.05) is 38.5 Å². The summed E-state index contributed by atoms with van der Waals surface area (Å²) in [5, 5.41) is 2.99. The smallest absolute Gasteiger partial charge is 0.282 e. The highest BCUT2D eigenvalue weighted by Crippen LogP contribution is 2.23. The summed E-state index contributed by atoms with van der Waals surface area (Å²) in [7, 11) is 0. The number of hydrogen-bond acceptors (Lipinski definition) is 4. The molecule has 0 spiro atoms. The zero-order chi connectivity index (χ0) is 18.5. The molecule has 2 amide bonds. The number of hydrogen-bond donors (Lipinski definition) is 1. The van der Waals surface area contributed by atoms with Gasteiger partial charge < -0.3 is 10.2 Å². The van der Waals surface area contributed by atoms with Crippen molar-refractivity contribution in [3.05, 3.63) is 35.4 Å². The minimum Gasteiger partial charge on any atom is -0.350 e. The molecule has 142 valence electrons. The van der Waals surface area contributed by atoms with Crippen LogP contribution in [0.3, 0.4) is 0 Å². The monoisotopic (exact) mass is 375 g/mol. The van der Waals surface area contributed by atoms with E-state index in [9.17, 15) is 9.59 Å². The Morgan fingerprint density at radius 1 is 1.19 bits per heavy atom. The Balaban J connectivity index is 1.55. The lowest BCUT2D eigenvalue weighted by atomic mass is 9.91. The number of thioether (sulfide) groups is 1. The first kappa shape index (κ1) is 19.2. The maximum absolute atomic E-state index is 12.2. The molecule has 0 aromatic heterocycles. The number of amides is 2. The molecule has 2 aliphatic rings. The lowest BCUT2D eigenvalue weighted by Gasteiger charge is -2.35. The predicted molar refractivity (Wildman–Crippen MR) is 106 cm³/mol. The topological polar surface area (TPSA) is 52.7 Å². The largest absolute Gasteiger partial charge is 0.350 e. The molecule has 0 aliphatic carbocycles. The number of nitrogens with zero attached hydrogens (tertiary/aromatic N) is 2. The van der Waals surface area contributed by atoms with Crippen LogP contribution in [0.5, 0.6) is 0 Å². The summed E-state index contributed by atoms with van der Waals surface area (Å²) in [6.07, 6.45) is 1.31. The molecule has 2 atom stereocenters. The van der Waals surface area contributed by atoms with E-state index in [0.29, 0.717) is 13.1 Å². The van der Waals surface area contributed by atoms with E-state index in [1.807, 2.05) is 6.07 Å². The van der Waals surface area contributed by atoms with E-state index in [-0.39, 0.29) is 17.7 Å². The Morgan fingerprint density at radius 2 is 1.88 bits per heavy atom. The first-order valence-corrected chi connectivity index (χ1v) is 10.5. The molecule has 26 heavy (non-hydrogen) atoms. The van der Waals surface area contributed by atoms with E-state index < -0.39 is 0 Å². The maximum atomic E-state index is 12.2. The van der Waals surface area contributed by atoms with Crippen molar-refractivity contribution in [1.29, 1.82) is 0 Å². The van der Waals surface area contributed by atoms with Crippen LogP contribution in [0, 0.1) is 11.8 Å². The van der Waals surface area contributed by atoms with Gasteiger partial charge in [-0.1, -0.05) is 49.9 Å².